The predicted molar refractivity (Wildman–Crippen MR) is 61.1 cm³/mol. The molecule has 2 rings (SSSR count). The van der Waals surface area contributed by atoms with Crippen LogP contribution in [-0.2, 0) is 4.79 Å². The van der Waals surface area contributed by atoms with Gasteiger partial charge in [-0.1, -0.05) is 18.2 Å². The van der Waals surface area contributed by atoms with Gasteiger partial charge in [0.05, 0.1) is 6.42 Å². The van der Waals surface area contributed by atoms with Crippen LogP contribution in [-0.4, -0.2) is 16.8 Å². The fraction of sp³-hybridized carbons (Fsp3) is 0.417. The van der Waals surface area contributed by atoms with E-state index in [0.29, 0.717) is 6.42 Å². The topological polar surface area (TPSA) is 37.3 Å². The lowest BCUT2D eigenvalue weighted by molar-refractivity contribution is -0.138. The van der Waals surface area contributed by atoms with Crippen molar-refractivity contribution in [1.82, 2.24) is 0 Å². The molecule has 1 aliphatic rings. The zero-order valence-electron chi connectivity index (χ0n) is 8.48. The highest BCUT2D eigenvalue weighted by Gasteiger charge is 2.44. The minimum atomic E-state index is -0.666. The molecule has 0 aromatic heterocycles. The van der Waals surface area contributed by atoms with E-state index in [0.717, 1.165) is 18.6 Å². The van der Waals surface area contributed by atoms with Crippen LogP contribution >= 0.6 is 11.8 Å². The van der Waals surface area contributed by atoms with Crippen LogP contribution in [0.1, 0.15) is 19.3 Å². The molecule has 0 heterocycles. The van der Waals surface area contributed by atoms with E-state index in [1.54, 1.807) is 11.8 Å². The first-order valence-electron chi connectivity index (χ1n) is 5.10. The number of benzene rings is 1. The van der Waals surface area contributed by atoms with Crippen molar-refractivity contribution in [3.63, 3.8) is 0 Å². The number of carboxylic acid groups (broad SMARTS) is 1. The molecule has 80 valence electrons. The number of thioether (sulfide) groups is 1. The van der Waals surface area contributed by atoms with Gasteiger partial charge in [0, 0.05) is 10.6 Å². The zero-order chi connectivity index (χ0) is 10.7. The maximum absolute atomic E-state index is 10.7. The molecule has 0 bridgehead atoms. The number of hydrogen-bond acceptors (Lipinski definition) is 2. The first-order chi connectivity index (χ1) is 7.20. The Morgan fingerprint density at radius 3 is 2.53 bits per heavy atom. The predicted octanol–water partition coefficient (Wildman–Crippen LogP) is 3.03. The zero-order valence-corrected chi connectivity index (χ0v) is 9.30. The van der Waals surface area contributed by atoms with E-state index in [1.807, 2.05) is 18.2 Å². The van der Waals surface area contributed by atoms with E-state index < -0.39 is 5.97 Å². The Morgan fingerprint density at radius 2 is 2.00 bits per heavy atom. The number of carbonyl (C=O) groups is 1. The van der Waals surface area contributed by atoms with E-state index in [4.69, 9.17) is 5.11 Å². The maximum atomic E-state index is 10.7. The van der Waals surface area contributed by atoms with Gasteiger partial charge in [0.2, 0.25) is 0 Å². The van der Waals surface area contributed by atoms with Gasteiger partial charge < -0.3 is 5.11 Å². The summed E-state index contributed by atoms with van der Waals surface area (Å²) < 4.78 is 0. The smallest absolute Gasteiger partial charge is 0.303 e. The van der Waals surface area contributed by atoms with Crippen molar-refractivity contribution in [2.75, 3.05) is 5.75 Å². The van der Waals surface area contributed by atoms with Gasteiger partial charge in [-0.3, -0.25) is 4.79 Å². The summed E-state index contributed by atoms with van der Waals surface area (Å²) in [6.45, 7) is 0. The van der Waals surface area contributed by atoms with Crippen molar-refractivity contribution in [1.29, 1.82) is 0 Å². The van der Waals surface area contributed by atoms with Gasteiger partial charge in [-0.05, 0) is 30.4 Å². The molecule has 0 radical (unpaired) electrons. The largest absolute Gasteiger partial charge is 0.481 e. The Morgan fingerprint density at radius 1 is 1.33 bits per heavy atom. The summed E-state index contributed by atoms with van der Waals surface area (Å²) in [7, 11) is 0. The molecule has 1 aromatic carbocycles. The highest BCUT2D eigenvalue weighted by molar-refractivity contribution is 7.99. The van der Waals surface area contributed by atoms with Crippen LogP contribution in [0, 0.1) is 5.41 Å². The second kappa shape index (κ2) is 4.27. The molecule has 2 nitrogen and oxygen atoms in total. The van der Waals surface area contributed by atoms with Crippen molar-refractivity contribution in [2.45, 2.75) is 24.2 Å². The van der Waals surface area contributed by atoms with Crippen molar-refractivity contribution in [3.8, 4) is 0 Å². The molecule has 0 aliphatic heterocycles. The molecule has 1 saturated carbocycles. The lowest BCUT2D eigenvalue weighted by Crippen LogP contribution is -2.10. The Bertz CT molecular complexity index is 344. The molecule has 0 saturated heterocycles. The van der Waals surface area contributed by atoms with Crippen molar-refractivity contribution in [3.05, 3.63) is 30.3 Å². The van der Waals surface area contributed by atoms with Crippen LogP contribution in [0.3, 0.4) is 0 Å². The monoisotopic (exact) mass is 222 g/mol. The lowest BCUT2D eigenvalue weighted by atomic mass is 10.1. The summed E-state index contributed by atoms with van der Waals surface area (Å²) in [5.74, 6) is 0.268. The Hall–Kier alpha value is -0.960. The molecule has 1 N–H and O–H groups in total. The summed E-state index contributed by atoms with van der Waals surface area (Å²) in [5, 5.41) is 8.78. The number of carboxylic acids is 1. The molecule has 0 amide bonds. The molecular formula is C12H14O2S. The maximum Gasteiger partial charge on any atom is 0.303 e. The van der Waals surface area contributed by atoms with Gasteiger partial charge in [0.25, 0.3) is 0 Å². The molecule has 1 aromatic rings. The van der Waals surface area contributed by atoms with Crippen LogP contribution < -0.4 is 0 Å². The average molecular weight is 222 g/mol. The van der Waals surface area contributed by atoms with E-state index in [1.165, 1.54) is 4.90 Å². The fourth-order valence-electron chi connectivity index (χ4n) is 1.62. The van der Waals surface area contributed by atoms with E-state index in [-0.39, 0.29) is 5.41 Å². The highest BCUT2D eigenvalue weighted by Crippen LogP contribution is 2.51. The van der Waals surface area contributed by atoms with Crippen LogP contribution in [0.25, 0.3) is 0 Å². The second-order valence-corrected chi connectivity index (χ2v) is 5.22. The molecule has 0 atom stereocenters. The first kappa shape index (κ1) is 10.6. The summed E-state index contributed by atoms with van der Waals surface area (Å²) in [5.41, 5.74) is 0.0896. The van der Waals surface area contributed by atoms with Gasteiger partial charge in [-0.25, -0.2) is 0 Å². The van der Waals surface area contributed by atoms with Gasteiger partial charge in [0.1, 0.15) is 0 Å². The van der Waals surface area contributed by atoms with Crippen molar-refractivity contribution in [2.24, 2.45) is 5.41 Å². The van der Waals surface area contributed by atoms with Crippen LogP contribution in [0.5, 0.6) is 0 Å². The number of hydrogen-bond donors (Lipinski definition) is 1. The first-order valence-corrected chi connectivity index (χ1v) is 6.08. The molecule has 0 unspecified atom stereocenters. The van der Waals surface area contributed by atoms with Crippen molar-refractivity contribution >= 4 is 17.7 Å². The summed E-state index contributed by atoms with van der Waals surface area (Å²) in [6, 6.07) is 10.2. The Kier molecular flexibility index (Phi) is 3.00. The summed E-state index contributed by atoms with van der Waals surface area (Å²) in [4.78, 5) is 11.9. The molecule has 15 heavy (non-hydrogen) atoms. The highest BCUT2D eigenvalue weighted by atomic mass is 32.2. The lowest BCUT2D eigenvalue weighted by Gasteiger charge is -2.11. The van der Waals surface area contributed by atoms with Gasteiger partial charge >= 0.3 is 5.97 Å². The minimum absolute atomic E-state index is 0.0896. The fourth-order valence-corrected chi connectivity index (χ4v) is 2.84. The van der Waals surface area contributed by atoms with Crippen LogP contribution in [0.15, 0.2) is 35.2 Å². The normalized spacial score (nSPS) is 17.3. The Labute approximate surface area is 93.7 Å². The quantitative estimate of drug-likeness (QED) is 0.778. The third-order valence-electron chi connectivity index (χ3n) is 2.77. The molecule has 3 heteroatoms. The molecular weight excluding hydrogens is 208 g/mol. The van der Waals surface area contributed by atoms with E-state index in [2.05, 4.69) is 12.1 Å². The second-order valence-electron chi connectivity index (χ2n) is 4.17. The van der Waals surface area contributed by atoms with Crippen LogP contribution in [0.4, 0.5) is 0 Å². The third-order valence-corrected chi connectivity index (χ3v) is 4.13. The standard InChI is InChI=1S/C12H14O2S/c13-11(14)8-12(6-7-12)9-15-10-4-2-1-3-5-10/h1-5H,6-9H2,(H,13,14). The molecule has 1 aliphatic carbocycles. The summed E-state index contributed by atoms with van der Waals surface area (Å²) in [6.07, 6.45) is 2.46. The Balaban J connectivity index is 1.86. The molecule has 1 fully saturated rings. The van der Waals surface area contributed by atoms with Crippen molar-refractivity contribution < 1.29 is 9.90 Å². The van der Waals surface area contributed by atoms with E-state index in [9.17, 15) is 4.79 Å². The number of aliphatic carboxylic acids is 1. The van der Waals surface area contributed by atoms with Gasteiger partial charge in [0.15, 0.2) is 0 Å². The van der Waals surface area contributed by atoms with Gasteiger partial charge in [-0.2, -0.15) is 0 Å². The summed E-state index contributed by atoms with van der Waals surface area (Å²) >= 11 is 1.77. The minimum Gasteiger partial charge on any atom is -0.481 e. The van der Waals surface area contributed by atoms with Crippen LogP contribution in [0.2, 0.25) is 0 Å². The third kappa shape index (κ3) is 2.99. The number of rotatable bonds is 5. The average Bonchev–Trinajstić information content (AvgIpc) is 2.96. The van der Waals surface area contributed by atoms with E-state index >= 15 is 0 Å². The molecule has 0 spiro atoms. The SMILES string of the molecule is O=C(O)CC1(CSc2ccccc2)CC1. The van der Waals surface area contributed by atoms with Gasteiger partial charge in [-0.15, -0.1) is 11.8 Å².